The predicted octanol–water partition coefficient (Wildman–Crippen LogP) is 1.72. The number of carbonyl (C=O) groups excluding carboxylic acids is 2. The van der Waals surface area contributed by atoms with Gasteiger partial charge < -0.3 is 9.84 Å². The quantitative estimate of drug-likeness (QED) is 0.160. The molecule has 31 heavy (non-hydrogen) atoms. The Bertz CT molecular complexity index is 1090. The average Bonchev–Trinajstić information content (AvgIpc) is 2.68. The fourth-order valence-electron chi connectivity index (χ4n) is 2.46. The maximum atomic E-state index is 13.1. The van der Waals surface area contributed by atoms with Gasteiger partial charge in [-0.05, 0) is 38.5 Å². The number of ether oxygens (including phenoxy) is 1. The van der Waals surface area contributed by atoms with E-state index in [1.54, 1.807) is 26.8 Å². The van der Waals surface area contributed by atoms with Crippen LogP contribution < -0.4 is 10.2 Å². The van der Waals surface area contributed by atoms with Crippen LogP contribution in [0.5, 0.6) is 5.75 Å². The van der Waals surface area contributed by atoms with Crippen molar-refractivity contribution in [2.75, 3.05) is 0 Å². The summed E-state index contributed by atoms with van der Waals surface area (Å²) in [5.74, 6) is -2.96. The number of carboxylic acids is 1. The first-order valence-corrected chi connectivity index (χ1v) is 9.75. The molecule has 2 N–H and O–H groups in total. The van der Waals surface area contributed by atoms with Gasteiger partial charge in [-0.15, -0.1) is 0 Å². The van der Waals surface area contributed by atoms with Crippen LogP contribution in [0.1, 0.15) is 36.7 Å². The van der Waals surface area contributed by atoms with E-state index >= 15 is 0 Å². The van der Waals surface area contributed by atoms with E-state index in [1.165, 1.54) is 48.5 Å². The summed E-state index contributed by atoms with van der Waals surface area (Å²) in [6, 6.07) is 12.6. The fraction of sp³-hybridized carbons (Fsp3) is 0.250. The number of hydrogen-bond donors (Lipinski definition) is 2. The van der Waals surface area contributed by atoms with E-state index in [9.17, 15) is 27.9 Å². The van der Waals surface area contributed by atoms with E-state index in [2.05, 4.69) is 4.47 Å². The van der Waals surface area contributed by atoms with E-state index < -0.39 is 39.2 Å². The first-order chi connectivity index (χ1) is 14.0. The van der Waals surface area contributed by atoms with E-state index in [0.717, 1.165) is 0 Å². The van der Waals surface area contributed by atoms with Crippen molar-refractivity contribution in [3.63, 3.8) is 0 Å². The van der Waals surface area contributed by atoms with Crippen molar-refractivity contribution in [3.8, 4) is 5.75 Å². The topological polar surface area (TPSA) is 139 Å². The van der Waals surface area contributed by atoms with Crippen molar-refractivity contribution in [2.45, 2.75) is 26.3 Å². The number of ketones is 1. The van der Waals surface area contributed by atoms with Crippen LogP contribution in [0.4, 0.5) is 0 Å². The summed E-state index contributed by atoms with van der Waals surface area (Å²) < 4.78 is 30.1. The molecular weight excluding hydrogens is 435 g/mol. The molecule has 9 nitrogen and oxygen atoms in total. The van der Waals surface area contributed by atoms with Gasteiger partial charge in [0.05, 0.1) is 5.41 Å². The van der Waals surface area contributed by atoms with Crippen LogP contribution in [-0.4, -0.2) is 60.8 Å². The molecule has 0 saturated heterocycles. The molecule has 0 spiro atoms. The zero-order chi connectivity index (χ0) is 22.5. The van der Waals surface area contributed by atoms with E-state index in [-0.39, 0.29) is 46.4 Å². The van der Waals surface area contributed by atoms with E-state index in [4.69, 9.17) is 4.74 Å². The van der Waals surface area contributed by atoms with Crippen LogP contribution in [0.3, 0.4) is 0 Å². The number of rotatable bonds is 7. The molecule has 0 fully saturated rings. The Morgan fingerprint density at radius 3 is 1.97 bits per heavy atom. The number of benzene rings is 2. The van der Waals surface area contributed by atoms with Crippen molar-refractivity contribution in [2.24, 2.45) is 9.89 Å². The molecule has 0 aromatic heterocycles. The molecule has 0 radical (unpaired) electrons. The molecule has 160 valence electrons. The van der Waals surface area contributed by atoms with E-state index in [0.29, 0.717) is 0 Å². The number of nitrogens with one attached hydrogen (secondary N) is 1. The number of carboxylic acid groups (broad SMARTS) is 1. The summed E-state index contributed by atoms with van der Waals surface area (Å²) in [7, 11) is -3.02. The number of aliphatic carboxylic acids is 1. The first-order valence-electron chi connectivity index (χ1n) is 8.72. The normalized spacial score (nSPS) is 12.6. The second kappa shape index (κ2) is 10.8. The summed E-state index contributed by atoms with van der Waals surface area (Å²) in [6.07, 6.45) is 0. The zero-order valence-corrected chi connectivity index (χ0v) is 17.3. The summed E-state index contributed by atoms with van der Waals surface area (Å²) in [5.41, 5.74) is -1.36. The Morgan fingerprint density at radius 1 is 0.968 bits per heavy atom. The molecule has 2 aromatic rings. The Labute approximate surface area is 202 Å². The number of Topliss-reactive ketones (excluding diaryl/α,β-unsaturated/α-hetero) is 1. The maximum absolute atomic E-state index is 13.1. The summed E-state index contributed by atoms with van der Waals surface area (Å²) in [4.78, 5) is 37.4. The third-order valence-corrected chi connectivity index (χ3v) is 4.34. The van der Waals surface area contributed by atoms with Crippen LogP contribution in [-0.2, 0) is 25.6 Å². The van der Waals surface area contributed by atoms with Crippen LogP contribution in [0, 0.1) is 5.41 Å². The fourth-order valence-corrected chi connectivity index (χ4v) is 2.67. The standard InChI is InChI=1S/C20H20N2O7S.Na.H/c1-19(2,3)18(26)29-15-11-9-14(10-12-15)20(17(24)25,21-22-30(27)28)16(23)13-7-5-4-6-8-13;;/h4-12,21H,1-3H3,(H,24,25);;. The van der Waals surface area contributed by atoms with Gasteiger partial charge >= 0.3 is 52.0 Å². The van der Waals surface area contributed by atoms with Gasteiger partial charge in [-0.2, -0.15) is 13.8 Å². The van der Waals surface area contributed by atoms with Gasteiger partial charge in [-0.25, -0.2) is 4.79 Å². The number of nitrogens with zero attached hydrogens (tertiary/aromatic N) is 1. The van der Waals surface area contributed by atoms with Gasteiger partial charge in [-0.3, -0.25) is 9.59 Å². The molecule has 11 heteroatoms. The molecule has 0 aliphatic carbocycles. The minimum absolute atomic E-state index is 0. The Balaban J connectivity index is 0.00000480. The Morgan fingerprint density at radius 2 is 1.52 bits per heavy atom. The van der Waals surface area contributed by atoms with Gasteiger partial charge in [0.2, 0.25) is 11.3 Å². The molecule has 0 saturated carbocycles. The molecule has 0 amide bonds. The molecule has 0 bridgehead atoms. The predicted molar refractivity (Wildman–Crippen MR) is 113 cm³/mol. The van der Waals surface area contributed by atoms with Crippen LogP contribution >= 0.6 is 0 Å². The van der Waals surface area contributed by atoms with Gasteiger partial charge in [0.1, 0.15) is 5.75 Å². The molecule has 0 aliphatic rings. The molecular formula is C20H21N2NaO7S. The average molecular weight is 456 g/mol. The monoisotopic (exact) mass is 456 g/mol. The third kappa shape index (κ3) is 6.31. The Kier molecular flexibility index (Phi) is 9.27. The third-order valence-electron chi connectivity index (χ3n) is 4.10. The zero-order valence-electron chi connectivity index (χ0n) is 16.4. The van der Waals surface area contributed by atoms with Crippen LogP contribution in [0.15, 0.2) is 59.1 Å². The number of carbonyl (C=O) groups is 3. The second-order valence-electron chi connectivity index (χ2n) is 7.33. The van der Waals surface area contributed by atoms with Crippen molar-refractivity contribution in [3.05, 3.63) is 65.7 Å². The molecule has 1 unspecified atom stereocenters. The number of esters is 1. The van der Waals surface area contributed by atoms with Gasteiger partial charge in [-0.1, -0.05) is 46.9 Å². The van der Waals surface area contributed by atoms with Crippen molar-refractivity contribution < 1.29 is 32.6 Å². The van der Waals surface area contributed by atoms with Gasteiger partial charge in [0.25, 0.3) is 0 Å². The minimum atomic E-state index is -3.02. The summed E-state index contributed by atoms with van der Waals surface area (Å²) in [6.45, 7) is 5.02. The van der Waals surface area contributed by atoms with Crippen LogP contribution in [0.2, 0.25) is 0 Å². The van der Waals surface area contributed by atoms with Crippen LogP contribution in [0.25, 0.3) is 0 Å². The van der Waals surface area contributed by atoms with E-state index in [1.807, 2.05) is 5.43 Å². The molecule has 2 aromatic carbocycles. The van der Waals surface area contributed by atoms with Crippen molar-refractivity contribution in [1.82, 2.24) is 5.43 Å². The van der Waals surface area contributed by atoms with Crippen molar-refractivity contribution >= 4 is 57.8 Å². The summed E-state index contributed by atoms with van der Waals surface area (Å²) >= 11 is 0. The van der Waals surface area contributed by atoms with Gasteiger partial charge in [0.15, 0.2) is 0 Å². The SMILES string of the molecule is CC(C)(C)C(=O)Oc1ccc(C(NN=S(=O)=O)(C(=O)O)C(=O)c2ccccc2)cc1.[NaH]. The molecule has 1 atom stereocenters. The van der Waals surface area contributed by atoms with Gasteiger partial charge in [0, 0.05) is 5.56 Å². The number of hydrogen-bond acceptors (Lipinski definition) is 7. The van der Waals surface area contributed by atoms with Crippen molar-refractivity contribution in [1.29, 1.82) is 0 Å². The molecule has 0 aliphatic heterocycles. The molecule has 0 heterocycles. The Hall–Kier alpha value is -2.37. The molecule has 2 rings (SSSR count). The second-order valence-corrected chi connectivity index (χ2v) is 7.95. The first kappa shape index (κ1) is 26.7. The summed E-state index contributed by atoms with van der Waals surface area (Å²) in [5, 5.41) is 9.91.